The molecule has 4 rings (SSSR count). The van der Waals surface area contributed by atoms with Crippen molar-refractivity contribution in [1.82, 2.24) is 10.2 Å². The van der Waals surface area contributed by atoms with Gasteiger partial charge < -0.3 is 15.1 Å². The summed E-state index contributed by atoms with van der Waals surface area (Å²) in [4.78, 5) is 29.7. The van der Waals surface area contributed by atoms with E-state index in [9.17, 15) is 9.59 Å². The minimum Gasteiger partial charge on any atom is -0.342 e. The number of carbonyl (C=O) groups is 2. The molecule has 1 atom stereocenters. The van der Waals surface area contributed by atoms with E-state index >= 15 is 0 Å². The second kappa shape index (κ2) is 6.45. The third-order valence-corrected chi connectivity index (χ3v) is 6.35. The number of nitrogens with zero attached hydrogens (tertiary/aromatic N) is 2. The number of nitrogens with one attached hydrogen (secondary N) is 1. The van der Waals surface area contributed by atoms with Gasteiger partial charge in [-0.2, -0.15) is 0 Å². The first kappa shape index (κ1) is 16.6. The molecule has 25 heavy (non-hydrogen) atoms. The van der Waals surface area contributed by atoms with Gasteiger partial charge in [0.05, 0.1) is 5.41 Å². The SMILES string of the molecule is CN1C(=O)C2(CCN(C(=O)[C@H]3CCCNCC3)CC2)c2ccccc21. The largest absolute Gasteiger partial charge is 0.342 e. The number of para-hydroxylation sites is 1. The summed E-state index contributed by atoms with van der Waals surface area (Å²) in [7, 11) is 1.87. The van der Waals surface area contributed by atoms with E-state index in [1.54, 1.807) is 4.90 Å². The van der Waals surface area contributed by atoms with Crippen LogP contribution >= 0.6 is 0 Å². The van der Waals surface area contributed by atoms with Crippen LogP contribution < -0.4 is 10.2 Å². The second-order valence-electron chi connectivity index (χ2n) is 7.67. The van der Waals surface area contributed by atoms with Crippen molar-refractivity contribution < 1.29 is 9.59 Å². The van der Waals surface area contributed by atoms with Crippen LogP contribution in [0.3, 0.4) is 0 Å². The van der Waals surface area contributed by atoms with Crippen molar-refractivity contribution in [3.05, 3.63) is 29.8 Å². The molecule has 3 aliphatic rings. The molecule has 5 heteroatoms. The molecular formula is C20H27N3O2. The maximum atomic E-state index is 13.0. The summed E-state index contributed by atoms with van der Waals surface area (Å²) in [5.74, 6) is 0.642. The fourth-order valence-electron chi connectivity index (χ4n) is 4.83. The zero-order valence-electron chi connectivity index (χ0n) is 15.0. The number of hydrogen-bond donors (Lipinski definition) is 1. The normalized spacial score (nSPS) is 25.8. The topological polar surface area (TPSA) is 52.7 Å². The predicted molar refractivity (Wildman–Crippen MR) is 97.6 cm³/mol. The molecule has 1 N–H and O–H groups in total. The van der Waals surface area contributed by atoms with Gasteiger partial charge in [-0.1, -0.05) is 18.2 Å². The number of amides is 2. The van der Waals surface area contributed by atoms with E-state index in [-0.39, 0.29) is 11.8 Å². The number of rotatable bonds is 1. The van der Waals surface area contributed by atoms with Gasteiger partial charge in [-0.05, 0) is 56.8 Å². The lowest BCUT2D eigenvalue weighted by Gasteiger charge is -2.39. The maximum absolute atomic E-state index is 13.0. The molecule has 1 aromatic carbocycles. The number of benzene rings is 1. The maximum Gasteiger partial charge on any atom is 0.237 e. The van der Waals surface area contributed by atoms with Crippen molar-refractivity contribution in [2.75, 3.05) is 38.1 Å². The lowest BCUT2D eigenvalue weighted by atomic mass is 9.73. The lowest BCUT2D eigenvalue weighted by molar-refractivity contribution is -0.139. The summed E-state index contributed by atoms with van der Waals surface area (Å²) >= 11 is 0. The summed E-state index contributed by atoms with van der Waals surface area (Å²) in [6.45, 7) is 3.34. The Balaban J connectivity index is 1.50. The third-order valence-electron chi connectivity index (χ3n) is 6.35. The third kappa shape index (κ3) is 2.65. The van der Waals surface area contributed by atoms with Gasteiger partial charge in [0.1, 0.15) is 0 Å². The highest BCUT2D eigenvalue weighted by Gasteiger charge is 2.51. The summed E-state index contributed by atoms with van der Waals surface area (Å²) in [6, 6.07) is 8.12. The molecule has 5 nitrogen and oxygen atoms in total. The van der Waals surface area contributed by atoms with Crippen LogP contribution in [0.25, 0.3) is 0 Å². The summed E-state index contributed by atoms with van der Waals surface area (Å²) in [5, 5.41) is 3.38. The molecule has 0 aromatic heterocycles. The van der Waals surface area contributed by atoms with Gasteiger partial charge in [-0.25, -0.2) is 0 Å². The minimum absolute atomic E-state index is 0.151. The molecule has 0 unspecified atom stereocenters. The van der Waals surface area contributed by atoms with Gasteiger partial charge in [0.25, 0.3) is 0 Å². The van der Waals surface area contributed by atoms with Crippen molar-refractivity contribution in [3.63, 3.8) is 0 Å². The first-order valence-corrected chi connectivity index (χ1v) is 9.51. The van der Waals surface area contributed by atoms with E-state index in [4.69, 9.17) is 0 Å². The number of likely N-dealkylation sites (N-methyl/N-ethyl adjacent to an activating group) is 1. The molecule has 0 bridgehead atoms. The van der Waals surface area contributed by atoms with Crippen LogP contribution in [0.1, 0.15) is 37.7 Å². The standard InChI is InChI=1S/C20H27N3O2/c1-22-17-7-3-2-6-16(17)20(19(22)25)9-13-23(14-10-20)18(24)15-5-4-11-21-12-8-15/h2-3,6-7,15,21H,4-5,8-14H2,1H3/t15-/m0/s1. The molecule has 3 heterocycles. The fourth-order valence-corrected chi connectivity index (χ4v) is 4.83. The van der Waals surface area contributed by atoms with E-state index in [1.807, 2.05) is 30.1 Å². The van der Waals surface area contributed by atoms with Crippen LogP contribution in [0.15, 0.2) is 24.3 Å². The van der Waals surface area contributed by atoms with Crippen LogP contribution in [0.2, 0.25) is 0 Å². The van der Waals surface area contributed by atoms with Crippen LogP contribution in [0, 0.1) is 5.92 Å². The van der Waals surface area contributed by atoms with E-state index in [2.05, 4.69) is 11.4 Å². The highest BCUT2D eigenvalue weighted by molar-refractivity contribution is 6.07. The summed E-state index contributed by atoms with van der Waals surface area (Å²) < 4.78 is 0. The van der Waals surface area contributed by atoms with Crippen molar-refractivity contribution in [2.24, 2.45) is 5.92 Å². The average molecular weight is 341 g/mol. The van der Waals surface area contributed by atoms with E-state index < -0.39 is 5.41 Å². The number of piperidine rings is 1. The van der Waals surface area contributed by atoms with Crippen LogP contribution in [-0.4, -0.2) is 49.9 Å². The van der Waals surface area contributed by atoms with Gasteiger partial charge in [0.2, 0.25) is 11.8 Å². The summed E-state index contributed by atoms with van der Waals surface area (Å²) in [6.07, 6.45) is 4.47. The molecule has 2 amide bonds. The van der Waals surface area contributed by atoms with Crippen molar-refractivity contribution in [3.8, 4) is 0 Å². The molecule has 0 aliphatic carbocycles. The molecule has 2 saturated heterocycles. The Morgan fingerprint density at radius 1 is 1.16 bits per heavy atom. The van der Waals surface area contributed by atoms with Crippen molar-refractivity contribution >= 4 is 17.5 Å². The Hall–Kier alpha value is -1.88. The molecule has 1 aromatic rings. The van der Waals surface area contributed by atoms with Gasteiger partial charge in [-0.15, -0.1) is 0 Å². The highest BCUT2D eigenvalue weighted by atomic mass is 16.2. The van der Waals surface area contributed by atoms with E-state index in [0.29, 0.717) is 19.0 Å². The van der Waals surface area contributed by atoms with Gasteiger partial charge in [0, 0.05) is 31.7 Å². The zero-order valence-corrected chi connectivity index (χ0v) is 15.0. The molecule has 3 aliphatic heterocycles. The Labute approximate surface area is 149 Å². The molecule has 0 saturated carbocycles. The van der Waals surface area contributed by atoms with Crippen molar-refractivity contribution in [1.29, 1.82) is 0 Å². The first-order valence-electron chi connectivity index (χ1n) is 9.51. The fraction of sp³-hybridized carbons (Fsp3) is 0.600. The van der Waals surface area contributed by atoms with Gasteiger partial charge >= 0.3 is 0 Å². The second-order valence-corrected chi connectivity index (χ2v) is 7.67. The zero-order chi connectivity index (χ0) is 17.4. The van der Waals surface area contributed by atoms with Crippen LogP contribution in [0.4, 0.5) is 5.69 Å². The molecular weight excluding hydrogens is 314 g/mol. The minimum atomic E-state index is -0.423. The Morgan fingerprint density at radius 3 is 2.72 bits per heavy atom. The van der Waals surface area contributed by atoms with Crippen LogP contribution in [0.5, 0.6) is 0 Å². The number of likely N-dealkylation sites (tertiary alicyclic amines) is 1. The summed E-state index contributed by atoms with van der Waals surface area (Å²) in [5.41, 5.74) is 1.75. The molecule has 0 radical (unpaired) electrons. The monoisotopic (exact) mass is 341 g/mol. The number of hydrogen-bond acceptors (Lipinski definition) is 3. The number of anilines is 1. The Morgan fingerprint density at radius 2 is 1.92 bits per heavy atom. The van der Waals surface area contributed by atoms with Gasteiger partial charge in [-0.3, -0.25) is 9.59 Å². The average Bonchev–Trinajstić information content (AvgIpc) is 2.87. The molecule has 134 valence electrons. The van der Waals surface area contributed by atoms with Crippen LogP contribution in [-0.2, 0) is 15.0 Å². The predicted octanol–water partition coefficient (Wildman–Crippen LogP) is 1.91. The number of fused-ring (bicyclic) bond motifs is 2. The Bertz CT molecular complexity index is 671. The molecule has 2 fully saturated rings. The van der Waals surface area contributed by atoms with Gasteiger partial charge in [0.15, 0.2) is 0 Å². The first-order chi connectivity index (χ1) is 12.1. The van der Waals surface area contributed by atoms with E-state index in [0.717, 1.165) is 56.4 Å². The lowest BCUT2D eigenvalue weighted by Crippen LogP contribution is -2.50. The highest BCUT2D eigenvalue weighted by Crippen LogP contribution is 2.47. The molecule has 1 spiro atoms. The van der Waals surface area contributed by atoms with E-state index in [1.165, 1.54) is 0 Å². The smallest absolute Gasteiger partial charge is 0.237 e. The Kier molecular flexibility index (Phi) is 4.28. The number of carbonyl (C=O) groups excluding carboxylic acids is 2. The quantitative estimate of drug-likeness (QED) is 0.849. The van der Waals surface area contributed by atoms with Crippen molar-refractivity contribution in [2.45, 2.75) is 37.5 Å².